The molecule has 0 spiro atoms. The Morgan fingerprint density at radius 2 is 1.04 bits per heavy atom. The van der Waals surface area contributed by atoms with E-state index in [2.05, 4.69) is 21.3 Å². The summed E-state index contributed by atoms with van der Waals surface area (Å²) in [4.78, 5) is 34.0. The number of carbonyl (C=O) groups is 3. The molecule has 7 nitrogen and oxygen atoms in total. The van der Waals surface area contributed by atoms with Crippen LogP contribution in [0.3, 0.4) is 0 Å². The quantitative estimate of drug-likeness (QED) is 0.694. The number of anilines is 4. The van der Waals surface area contributed by atoms with Gasteiger partial charge in [-0.05, 0) is 42.5 Å². The van der Waals surface area contributed by atoms with Crippen LogP contribution in [0.1, 0.15) is 13.8 Å². The van der Waals surface area contributed by atoms with Gasteiger partial charge in [0.1, 0.15) is 0 Å². The predicted molar refractivity (Wildman–Crippen MR) is 94.1 cm³/mol. The number of urea groups is 1. The molecule has 0 heterocycles. The molecule has 0 radical (unpaired) electrons. The number of nitrogens with one attached hydrogen (secondary N) is 4. The van der Waals surface area contributed by atoms with Gasteiger partial charge in [-0.3, -0.25) is 9.59 Å². The van der Waals surface area contributed by atoms with Crippen molar-refractivity contribution < 1.29 is 14.4 Å². The van der Waals surface area contributed by atoms with Gasteiger partial charge in [-0.25, -0.2) is 4.79 Å². The van der Waals surface area contributed by atoms with E-state index in [-0.39, 0.29) is 11.8 Å². The van der Waals surface area contributed by atoms with E-state index in [0.717, 1.165) is 0 Å². The van der Waals surface area contributed by atoms with Crippen LogP contribution in [0, 0.1) is 0 Å². The molecule has 7 heteroatoms. The maximum Gasteiger partial charge on any atom is 0.323 e. The van der Waals surface area contributed by atoms with Crippen molar-refractivity contribution in [1.29, 1.82) is 0 Å². The minimum absolute atomic E-state index is 0.160. The number of benzene rings is 2. The monoisotopic (exact) mass is 326 g/mol. The maximum absolute atomic E-state index is 12.0. The van der Waals surface area contributed by atoms with Crippen LogP contribution in [-0.4, -0.2) is 17.8 Å². The SMILES string of the molecule is CC(=O)Nc1ccc(NC(=O)Nc2cccc(NC(C)=O)c2)cc1. The highest BCUT2D eigenvalue weighted by molar-refractivity contribution is 6.00. The maximum atomic E-state index is 12.0. The minimum Gasteiger partial charge on any atom is -0.326 e. The molecule has 0 saturated carbocycles. The molecule has 0 aliphatic rings. The summed E-state index contributed by atoms with van der Waals surface area (Å²) in [6.07, 6.45) is 0. The van der Waals surface area contributed by atoms with Crippen LogP contribution in [0.2, 0.25) is 0 Å². The molecule has 4 N–H and O–H groups in total. The zero-order valence-corrected chi connectivity index (χ0v) is 13.3. The van der Waals surface area contributed by atoms with Crippen LogP contribution >= 0.6 is 0 Å². The van der Waals surface area contributed by atoms with Crippen LogP contribution in [0.25, 0.3) is 0 Å². The molecule has 24 heavy (non-hydrogen) atoms. The van der Waals surface area contributed by atoms with E-state index >= 15 is 0 Å². The molecule has 4 amide bonds. The normalized spacial score (nSPS) is 9.75. The molecule has 2 rings (SSSR count). The van der Waals surface area contributed by atoms with E-state index in [1.165, 1.54) is 13.8 Å². The summed E-state index contributed by atoms with van der Waals surface area (Å²) in [7, 11) is 0. The summed E-state index contributed by atoms with van der Waals surface area (Å²) in [5.74, 6) is -0.344. The van der Waals surface area contributed by atoms with Gasteiger partial charge in [0, 0.05) is 36.6 Å². The first-order valence-corrected chi connectivity index (χ1v) is 7.26. The first-order chi connectivity index (χ1) is 11.4. The van der Waals surface area contributed by atoms with Crippen molar-refractivity contribution in [3.8, 4) is 0 Å². The van der Waals surface area contributed by atoms with Gasteiger partial charge in [0.15, 0.2) is 0 Å². The van der Waals surface area contributed by atoms with Gasteiger partial charge in [-0.1, -0.05) is 6.07 Å². The molecule has 2 aromatic carbocycles. The first-order valence-electron chi connectivity index (χ1n) is 7.26. The number of hydrogen-bond donors (Lipinski definition) is 4. The van der Waals surface area contributed by atoms with Gasteiger partial charge in [0.05, 0.1) is 0 Å². The Hall–Kier alpha value is -3.35. The zero-order valence-electron chi connectivity index (χ0n) is 13.3. The Kier molecular flexibility index (Phi) is 5.51. The molecule has 0 aliphatic heterocycles. The Labute approximate surface area is 139 Å². The molecule has 0 aromatic heterocycles. The molecule has 0 aliphatic carbocycles. The molecule has 0 bridgehead atoms. The fourth-order valence-electron chi connectivity index (χ4n) is 2.01. The van der Waals surface area contributed by atoms with Gasteiger partial charge in [0.2, 0.25) is 11.8 Å². The van der Waals surface area contributed by atoms with Gasteiger partial charge < -0.3 is 21.3 Å². The average molecular weight is 326 g/mol. The highest BCUT2D eigenvalue weighted by Gasteiger charge is 2.04. The second-order valence-electron chi connectivity index (χ2n) is 5.10. The van der Waals surface area contributed by atoms with Crippen molar-refractivity contribution in [2.45, 2.75) is 13.8 Å². The number of carbonyl (C=O) groups excluding carboxylic acids is 3. The number of rotatable bonds is 4. The van der Waals surface area contributed by atoms with Crippen molar-refractivity contribution in [2.75, 3.05) is 21.3 Å². The van der Waals surface area contributed by atoms with E-state index < -0.39 is 6.03 Å². The Balaban J connectivity index is 1.95. The van der Waals surface area contributed by atoms with Gasteiger partial charge in [0.25, 0.3) is 0 Å². The van der Waals surface area contributed by atoms with Gasteiger partial charge >= 0.3 is 6.03 Å². The fraction of sp³-hybridized carbons (Fsp3) is 0.118. The van der Waals surface area contributed by atoms with Crippen molar-refractivity contribution in [3.05, 3.63) is 48.5 Å². The lowest BCUT2D eigenvalue weighted by atomic mass is 10.2. The zero-order chi connectivity index (χ0) is 17.5. The second kappa shape index (κ2) is 7.77. The lowest BCUT2D eigenvalue weighted by Crippen LogP contribution is -2.19. The minimum atomic E-state index is -0.415. The molecule has 0 saturated heterocycles. The van der Waals surface area contributed by atoms with Crippen LogP contribution < -0.4 is 21.3 Å². The fourth-order valence-corrected chi connectivity index (χ4v) is 2.01. The summed E-state index contributed by atoms with van der Waals surface area (Å²) in [6.45, 7) is 2.84. The topological polar surface area (TPSA) is 99.3 Å². The Bertz CT molecular complexity index is 757. The van der Waals surface area contributed by atoms with E-state index in [1.54, 1.807) is 48.5 Å². The summed E-state index contributed by atoms with van der Waals surface area (Å²) in [6, 6.07) is 13.1. The smallest absolute Gasteiger partial charge is 0.323 e. The molecule has 0 unspecified atom stereocenters. The van der Waals surface area contributed by atoms with E-state index in [4.69, 9.17) is 0 Å². The summed E-state index contributed by atoms with van der Waals surface area (Å²) >= 11 is 0. The van der Waals surface area contributed by atoms with Crippen molar-refractivity contribution >= 4 is 40.6 Å². The van der Waals surface area contributed by atoms with Crippen molar-refractivity contribution in [1.82, 2.24) is 0 Å². The van der Waals surface area contributed by atoms with Crippen molar-refractivity contribution in [3.63, 3.8) is 0 Å². The first kappa shape index (κ1) is 17.0. The lowest BCUT2D eigenvalue weighted by Gasteiger charge is -2.10. The molecule has 0 atom stereocenters. The predicted octanol–water partition coefficient (Wildman–Crippen LogP) is 3.25. The summed E-state index contributed by atoms with van der Waals surface area (Å²) in [5.41, 5.74) is 2.38. The van der Waals surface area contributed by atoms with E-state index in [9.17, 15) is 14.4 Å². The number of amides is 4. The van der Waals surface area contributed by atoms with E-state index in [1.807, 2.05) is 0 Å². The third-order valence-corrected chi connectivity index (χ3v) is 2.90. The second-order valence-corrected chi connectivity index (χ2v) is 5.10. The van der Waals surface area contributed by atoms with Crippen LogP contribution in [0.15, 0.2) is 48.5 Å². The average Bonchev–Trinajstić information content (AvgIpc) is 2.48. The highest BCUT2D eigenvalue weighted by Crippen LogP contribution is 2.17. The Morgan fingerprint density at radius 1 is 0.625 bits per heavy atom. The third-order valence-electron chi connectivity index (χ3n) is 2.90. The van der Waals surface area contributed by atoms with Crippen molar-refractivity contribution in [2.24, 2.45) is 0 Å². The summed E-state index contributed by atoms with van der Waals surface area (Å²) in [5, 5.41) is 10.7. The molecule has 2 aromatic rings. The molecule has 0 fully saturated rings. The summed E-state index contributed by atoms with van der Waals surface area (Å²) < 4.78 is 0. The third kappa shape index (κ3) is 5.45. The molecular formula is C17H18N4O3. The van der Waals surface area contributed by atoms with Gasteiger partial charge in [-0.15, -0.1) is 0 Å². The van der Waals surface area contributed by atoms with E-state index in [0.29, 0.717) is 22.7 Å². The lowest BCUT2D eigenvalue weighted by molar-refractivity contribution is -0.115. The van der Waals surface area contributed by atoms with Crippen LogP contribution in [-0.2, 0) is 9.59 Å². The Morgan fingerprint density at radius 3 is 1.58 bits per heavy atom. The highest BCUT2D eigenvalue weighted by atomic mass is 16.2. The largest absolute Gasteiger partial charge is 0.326 e. The standard InChI is InChI=1S/C17H18N4O3/c1-11(22)18-13-6-8-14(9-7-13)20-17(24)21-16-5-3-4-15(10-16)19-12(2)23/h3-10H,1-2H3,(H,18,22)(H,19,23)(H2,20,21,24). The number of hydrogen-bond acceptors (Lipinski definition) is 3. The molecular weight excluding hydrogens is 308 g/mol. The molecule has 124 valence electrons. The van der Waals surface area contributed by atoms with Gasteiger partial charge in [-0.2, -0.15) is 0 Å². The van der Waals surface area contributed by atoms with Crippen LogP contribution in [0.5, 0.6) is 0 Å². The van der Waals surface area contributed by atoms with Crippen LogP contribution in [0.4, 0.5) is 27.5 Å².